The van der Waals surface area contributed by atoms with Gasteiger partial charge < -0.3 is 0 Å². The second-order valence-electron chi connectivity index (χ2n) is 4.64. The summed E-state index contributed by atoms with van der Waals surface area (Å²) >= 11 is 11.7. The van der Waals surface area contributed by atoms with Gasteiger partial charge in [0.25, 0.3) is 0 Å². The highest BCUT2D eigenvalue weighted by Gasteiger charge is 2.24. The second-order valence-corrected chi connectivity index (χ2v) is 7.53. The van der Waals surface area contributed by atoms with Crippen LogP contribution in [0.25, 0.3) is 0 Å². The van der Waals surface area contributed by atoms with Crippen LogP contribution < -0.4 is 0 Å². The maximum absolute atomic E-state index is 12.6. The molecule has 0 aromatic heterocycles. The molecule has 0 aliphatic heterocycles. The highest BCUT2D eigenvalue weighted by atomic mass is 35.5. The molecular formula is C15H12Cl2N2O2S. The monoisotopic (exact) mass is 354 g/mol. The van der Waals surface area contributed by atoms with Crippen LogP contribution in [0.1, 0.15) is 11.1 Å². The predicted octanol–water partition coefficient (Wildman–Crippen LogP) is 3.69. The Labute approximate surface area is 139 Å². The van der Waals surface area contributed by atoms with Gasteiger partial charge in [-0.3, -0.25) is 0 Å². The number of rotatable bonds is 4. The molecule has 2 rings (SSSR count). The molecule has 2 aromatic rings. The van der Waals surface area contributed by atoms with E-state index in [0.29, 0.717) is 5.02 Å². The lowest BCUT2D eigenvalue weighted by molar-refractivity contribution is 0.466. The fourth-order valence-electron chi connectivity index (χ4n) is 1.90. The molecule has 0 bridgehead atoms. The van der Waals surface area contributed by atoms with Crippen molar-refractivity contribution in [2.45, 2.75) is 11.4 Å². The van der Waals surface area contributed by atoms with E-state index in [2.05, 4.69) is 0 Å². The molecule has 0 amide bonds. The molecule has 0 saturated heterocycles. The molecule has 0 unspecified atom stereocenters. The fourth-order valence-corrected chi connectivity index (χ4v) is 3.59. The zero-order valence-corrected chi connectivity index (χ0v) is 14.0. The first-order chi connectivity index (χ1) is 10.3. The molecule has 0 radical (unpaired) electrons. The first kappa shape index (κ1) is 16.8. The smallest absolute Gasteiger partial charge is 0.207 e. The number of hydrogen-bond acceptors (Lipinski definition) is 3. The van der Waals surface area contributed by atoms with Crippen LogP contribution in [0, 0.1) is 11.3 Å². The molecule has 0 spiro atoms. The zero-order chi connectivity index (χ0) is 16.3. The summed E-state index contributed by atoms with van der Waals surface area (Å²) in [6, 6.07) is 12.9. The van der Waals surface area contributed by atoms with E-state index in [9.17, 15) is 8.42 Å². The standard InChI is InChI=1S/C15H12Cl2N2O2S/c1-19(10-11-2-5-13(16)6-3-11)22(20,21)15-8-14(17)7-4-12(15)9-18/h2-8H,10H2,1H3. The quantitative estimate of drug-likeness (QED) is 0.840. The van der Waals surface area contributed by atoms with Gasteiger partial charge in [0.1, 0.15) is 11.0 Å². The Bertz CT molecular complexity index is 828. The minimum absolute atomic E-state index is 0.0624. The van der Waals surface area contributed by atoms with E-state index >= 15 is 0 Å². The number of benzene rings is 2. The maximum atomic E-state index is 12.6. The van der Waals surface area contributed by atoms with Crippen molar-refractivity contribution in [1.29, 1.82) is 5.26 Å². The summed E-state index contributed by atoms with van der Waals surface area (Å²) in [5.41, 5.74) is 0.850. The molecule has 4 nitrogen and oxygen atoms in total. The average Bonchev–Trinajstić information content (AvgIpc) is 2.49. The van der Waals surface area contributed by atoms with E-state index in [4.69, 9.17) is 28.5 Å². The van der Waals surface area contributed by atoms with Crippen molar-refractivity contribution in [3.8, 4) is 6.07 Å². The Balaban J connectivity index is 2.36. The van der Waals surface area contributed by atoms with E-state index in [-0.39, 0.29) is 22.0 Å². The van der Waals surface area contributed by atoms with Gasteiger partial charge in [-0.05, 0) is 35.9 Å². The maximum Gasteiger partial charge on any atom is 0.244 e. The summed E-state index contributed by atoms with van der Waals surface area (Å²) in [6.07, 6.45) is 0. The highest BCUT2D eigenvalue weighted by molar-refractivity contribution is 7.89. The summed E-state index contributed by atoms with van der Waals surface area (Å²) in [7, 11) is -2.37. The van der Waals surface area contributed by atoms with Gasteiger partial charge in [-0.1, -0.05) is 35.3 Å². The van der Waals surface area contributed by atoms with Crippen molar-refractivity contribution < 1.29 is 8.42 Å². The van der Waals surface area contributed by atoms with Crippen LogP contribution in [0.3, 0.4) is 0 Å². The van der Waals surface area contributed by atoms with Crippen molar-refractivity contribution >= 4 is 33.2 Å². The minimum atomic E-state index is -3.82. The number of halogens is 2. The van der Waals surface area contributed by atoms with Crippen LogP contribution in [0.2, 0.25) is 10.0 Å². The van der Waals surface area contributed by atoms with E-state index < -0.39 is 10.0 Å². The van der Waals surface area contributed by atoms with Gasteiger partial charge in [0.2, 0.25) is 10.0 Å². The molecule has 7 heteroatoms. The Hall–Kier alpha value is -1.58. The lowest BCUT2D eigenvalue weighted by Gasteiger charge is -2.18. The van der Waals surface area contributed by atoms with Gasteiger partial charge in [-0.15, -0.1) is 0 Å². The molecular weight excluding hydrogens is 343 g/mol. The molecule has 0 N–H and O–H groups in total. The lowest BCUT2D eigenvalue weighted by Crippen LogP contribution is -2.27. The van der Waals surface area contributed by atoms with Crippen molar-refractivity contribution in [3.05, 3.63) is 63.6 Å². The molecule has 0 saturated carbocycles. The molecule has 114 valence electrons. The zero-order valence-electron chi connectivity index (χ0n) is 11.6. The van der Waals surface area contributed by atoms with Gasteiger partial charge >= 0.3 is 0 Å². The summed E-state index contributed by atoms with van der Waals surface area (Å²) in [5.74, 6) is 0. The van der Waals surface area contributed by atoms with Crippen LogP contribution in [-0.2, 0) is 16.6 Å². The summed E-state index contributed by atoms with van der Waals surface area (Å²) in [6.45, 7) is 0.164. The SMILES string of the molecule is CN(Cc1ccc(Cl)cc1)S(=O)(=O)c1cc(Cl)ccc1C#N. The molecule has 2 aromatic carbocycles. The number of nitriles is 1. The average molecular weight is 355 g/mol. The van der Waals surface area contributed by atoms with Gasteiger partial charge in [0.05, 0.1) is 5.56 Å². The molecule has 0 aliphatic carbocycles. The van der Waals surface area contributed by atoms with Crippen LogP contribution in [0.4, 0.5) is 0 Å². The van der Waals surface area contributed by atoms with E-state index in [0.717, 1.165) is 5.56 Å². The minimum Gasteiger partial charge on any atom is -0.207 e. The van der Waals surface area contributed by atoms with E-state index in [1.54, 1.807) is 24.3 Å². The topological polar surface area (TPSA) is 61.2 Å². The Morgan fingerprint density at radius 2 is 1.68 bits per heavy atom. The fraction of sp³-hybridized carbons (Fsp3) is 0.133. The summed E-state index contributed by atoms with van der Waals surface area (Å²) < 4.78 is 26.4. The molecule has 0 fully saturated rings. The van der Waals surface area contributed by atoms with Crippen LogP contribution in [0.5, 0.6) is 0 Å². The lowest BCUT2D eigenvalue weighted by atomic mass is 10.2. The van der Waals surface area contributed by atoms with Gasteiger partial charge in [-0.25, -0.2) is 8.42 Å². The highest BCUT2D eigenvalue weighted by Crippen LogP contribution is 2.24. The molecule has 0 aliphatic rings. The third-order valence-corrected chi connectivity index (χ3v) is 5.40. The van der Waals surface area contributed by atoms with Crippen LogP contribution >= 0.6 is 23.2 Å². The largest absolute Gasteiger partial charge is 0.244 e. The van der Waals surface area contributed by atoms with Gasteiger partial charge in [0, 0.05) is 23.6 Å². The first-order valence-electron chi connectivity index (χ1n) is 6.25. The Kier molecular flexibility index (Phi) is 5.09. The van der Waals surface area contributed by atoms with Crippen molar-refractivity contribution in [3.63, 3.8) is 0 Å². The van der Waals surface area contributed by atoms with E-state index in [1.807, 2.05) is 6.07 Å². The van der Waals surface area contributed by atoms with Gasteiger partial charge in [-0.2, -0.15) is 9.57 Å². The third kappa shape index (κ3) is 3.60. The van der Waals surface area contributed by atoms with Gasteiger partial charge in [0.15, 0.2) is 0 Å². The van der Waals surface area contributed by atoms with Crippen LogP contribution in [-0.4, -0.2) is 19.8 Å². The van der Waals surface area contributed by atoms with Crippen LogP contribution in [0.15, 0.2) is 47.4 Å². The van der Waals surface area contributed by atoms with Crippen molar-refractivity contribution in [1.82, 2.24) is 4.31 Å². The Morgan fingerprint density at radius 1 is 1.09 bits per heavy atom. The summed E-state index contributed by atoms with van der Waals surface area (Å²) in [5, 5.41) is 9.93. The van der Waals surface area contributed by atoms with E-state index in [1.165, 1.54) is 29.6 Å². The van der Waals surface area contributed by atoms with Crippen molar-refractivity contribution in [2.24, 2.45) is 0 Å². The number of nitrogens with zero attached hydrogens (tertiary/aromatic N) is 2. The van der Waals surface area contributed by atoms with Crippen molar-refractivity contribution in [2.75, 3.05) is 7.05 Å². The Morgan fingerprint density at radius 3 is 2.27 bits per heavy atom. The normalized spacial score (nSPS) is 11.4. The molecule has 22 heavy (non-hydrogen) atoms. The molecule has 0 heterocycles. The molecule has 0 atom stereocenters. The second kappa shape index (κ2) is 6.67. The summed E-state index contributed by atoms with van der Waals surface area (Å²) in [4.78, 5) is -0.0982. The predicted molar refractivity (Wildman–Crippen MR) is 86.3 cm³/mol. The third-order valence-electron chi connectivity index (χ3n) is 3.07. The number of hydrogen-bond donors (Lipinski definition) is 0. The number of sulfonamides is 1. The first-order valence-corrected chi connectivity index (χ1v) is 8.44.